The first kappa shape index (κ1) is 11.9. The van der Waals surface area contributed by atoms with Crippen LogP contribution in [-0.2, 0) is 6.42 Å². The Morgan fingerprint density at radius 3 is 2.68 bits per heavy atom. The molecule has 5 heteroatoms. The number of para-hydroxylation sites is 1. The van der Waals surface area contributed by atoms with Gasteiger partial charge in [-0.1, -0.05) is 32.0 Å². The molecule has 19 heavy (non-hydrogen) atoms. The number of fused-ring (bicyclic) bond motifs is 1. The summed E-state index contributed by atoms with van der Waals surface area (Å²) in [5.41, 5.74) is 2.07. The Hall–Kier alpha value is -2.17. The molecule has 0 atom stereocenters. The van der Waals surface area contributed by atoms with Crippen LogP contribution in [0, 0.1) is 5.41 Å². The SMILES string of the molecule is CC1(C)CNC(=O)c2nn(-c3ccccc3)nc2C1. The van der Waals surface area contributed by atoms with Crippen LogP contribution in [0.4, 0.5) is 0 Å². The van der Waals surface area contributed by atoms with Gasteiger partial charge in [0.2, 0.25) is 0 Å². The lowest BCUT2D eigenvalue weighted by Gasteiger charge is -2.20. The van der Waals surface area contributed by atoms with Crippen molar-refractivity contribution in [2.75, 3.05) is 6.54 Å². The van der Waals surface area contributed by atoms with Gasteiger partial charge in [0.15, 0.2) is 5.69 Å². The molecule has 0 unspecified atom stereocenters. The molecule has 0 saturated carbocycles. The number of hydrogen-bond acceptors (Lipinski definition) is 3. The second kappa shape index (κ2) is 4.19. The number of aromatic nitrogens is 3. The minimum atomic E-state index is -0.136. The van der Waals surface area contributed by atoms with Crippen molar-refractivity contribution in [1.82, 2.24) is 20.3 Å². The fraction of sp³-hybridized carbons (Fsp3) is 0.357. The number of amides is 1. The van der Waals surface area contributed by atoms with Crippen LogP contribution in [0.5, 0.6) is 0 Å². The van der Waals surface area contributed by atoms with E-state index in [9.17, 15) is 4.79 Å². The molecule has 1 aromatic heterocycles. The van der Waals surface area contributed by atoms with Gasteiger partial charge in [-0.05, 0) is 17.5 Å². The molecule has 0 spiro atoms. The molecule has 0 fully saturated rings. The number of carbonyl (C=O) groups is 1. The summed E-state index contributed by atoms with van der Waals surface area (Å²) < 4.78 is 0. The first-order valence-corrected chi connectivity index (χ1v) is 6.35. The lowest BCUT2D eigenvalue weighted by atomic mass is 9.88. The Kier molecular flexibility index (Phi) is 2.62. The Bertz CT molecular complexity index is 616. The first-order chi connectivity index (χ1) is 9.05. The van der Waals surface area contributed by atoms with Gasteiger partial charge < -0.3 is 5.32 Å². The van der Waals surface area contributed by atoms with Gasteiger partial charge in [-0.25, -0.2) is 0 Å². The predicted octanol–water partition coefficient (Wildman–Crippen LogP) is 1.58. The van der Waals surface area contributed by atoms with Gasteiger partial charge in [0.1, 0.15) is 0 Å². The second-order valence-electron chi connectivity index (χ2n) is 5.64. The van der Waals surface area contributed by atoms with Crippen LogP contribution in [0.1, 0.15) is 30.0 Å². The van der Waals surface area contributed by atoms with Gasteiger partial charge in [0, 0.05) is 13.0 Å². The smallest absolute Gasteiger partial charge is 0.273 e. The third-order valence-electron chi connectivity index (χ3n) is 3.26. The van der Waals surface area contributed by atoms with Gasteiger partial charge in [-0.2, -0.15) is 9.90 Å². The molecule has 3 rings (SSSR count). The van der Waals surface area contributed by atoms with E-state index in [4.69, 9.17) is 0 Å². The van der Waals surface area contributed by atoms with E-state index in [0.29, 0.717) is 12.2 Å². The highest BCUT2D eigenvalue weighted by atomic mass is 16.2. The van der Waals surface area contributed by atoms with Crippen molar-refractivity contribution < 1.29 is 4.79 Å². The summed E-state index contributed by atoms with van der Waals surface area (Å²) in [4.78, 5) is 13.5. The summed E-state index contributed by atoms with van der Waals surface area (Å²) in [6.07, 6.45) is 0.744. The van der Waals surface area contributed by atoms with Crippen LogP contribution in [0.2, 0.25) is 0 Å². The highest BCUT2D eigenvalue weighted by molar-refractivity contribution is 5.93. The normalized spacial score (nSPS) is 17.5. The summed E-state index contributed by atoms with van der Waals surface area (Å²) >= 11 is 0. The monoisotopic (exact) mass is 256 g/mol. The fourth-order valence-electron chi connectivity index (χ4n) is 2.23. The van der Waals surface area contributed by atoms with E-state index in [1.165, 1.54) is 4.80 Å². The van der Waals surface area contributed by atoms with E-state index >= 15 is 0 Å². The lowest BCUT2D eigenvalue weighted by Crippen LogP contribution is -2.32. The molecule has 0 saturated heterocycles. The zero-order valence-electron chi connectivity index (χ0n) is 11.1. The van der Waals surface area contributed by atoms with Crippen LogP contribution in [0.15, 0.2) is 30.3 Å². The van der Waals surface area contributed by atoms with E-state index in [-0.39, 0.29) is 11.3 Å². The van der Waals surface area contributed by atoms with Crippen LogP contribution in [0.25, 0.3) is 5.69 Å². The van der Waals surface area contributed by atoms with Crippen molar-refractivity contribution in [3.63, 3.8) is 0 Å². The average molecular weight is 256 g/mol. The quantitative estimate of drug-likeness (QED) is 0.842. The topological polar surface area (TPSA) is 59.8 Å². The van der Waals surface area contributed by atoms with E-state index in [2.05, 4.69) is 29.4 Å². The van der Waals surface area contributed by atoms with Crippen LogP contribution >= 0.6 is 0 Å². The van der Waals surface area contributed by atoms with Crippen molar-refractivity contribution >= 4 is 5.91 Å². The molecular weight excluding hydrogens is 240 g/mol. The number of nitrogens with zero attached hydrogens (tertiary/aromatic N) is 3. The molecule has 0 radical (unpaired) electrons. The van der Waals surface area contributed by atoms with Crippen LogP contribution in [0.3, 0.4) is 0 Å². The fourth-order valence-corrected chi connectivity index (χ4v) is 2.23. The number of hydrogen-bond donors (Lipinski definition) is 1. The van der Waals surface area contributed by atoms with Crippen molar-refractivity contribution in [2.45, 2.75) is 20.3 Å². The minimum absolute atomic E-state index is 0.00153. The Labute approximate surface area is 111 Å². The zero-order chi connectivity index (χ0) is 13.5. The molecule has 1 amide bonds. The van der Waals surface area contributed by atoms with Gasteiger partial charge in [-0.15, -0.1) is 5.10 Å². The number of carbonyl (C=O) groups excluding carboxylic acids is 1. The summed E-state index contributed by atoms with van der Waals surface area (Å²) in [6, 6.07) is 9.63. The molecule has 1 aliphatic heterocycles. The number of benzene rings is 1. The standard InChI is InChI=1S/C14H16N4O/c1-14(2)8-11-12(13(19)15-9-14)17-18(16-11)10-6-4-3-5-7-10/h3-7H,8-9H2,1-2H3,(H,15,19). The van der Waals surface area contributed by atoms with Crippen LogP contribution in [-0.4, -0.2) is 27.4 Å². The summed E-state index contributed by atoms with van der Waals surface area (Å²) in [6.45, 7) is 4.88. The van der Waals surface area contributed by atoms with E-state index in [0.717, 1.165) is 17.8 Å². The van der Waals surface area contributed by atoms with Crippen molar-refractivity contribution in [1.29, 1.82) is 0 Å². The lowest BCUT2D eigenvalue weighted by molar-refractivity contribution is 0.0939. The van der Waals surface area contributed by atoms with E-state index < -0.39 is 0 Å². The molecule has 1 N–H and O–H groups in total. The molecule has 2 heterocycles. The molecule has 1 aromatic carbocycles. The first-order valence-electron chi connectivity index (χ1n) is 6.35. The van der Waals surface area contributed by atoms with Crippen LogP contribution < -0.4 is 5.32 Å². The Balaban J connectivity index is 2.05. The molecule has 0 aliphatic carbocycles. The molecular formula is C14H16N4O. The number of nitrogens with one attached hydrogen (secondary N) is 1. The third-order valence-corrected chi connectivity index (χ3v) is 3.26. The molecule has 0 bridgehead atoms. The van der Waals surface area contributed by atoms with E-state index in [1.54, 1.807) is 0 Å². The second-order valence-corrected chi connectivity index (χ2v) is 5.64. The highest BCUT2D eigenvalue weighted by Gasteiger charge is 2.30. The number of rotatable bonds is 1. The maximum Gasteiger partial charge on any atom is 0.273 e. The third kappa shape index (κ3) is 2.23. The maximum atomic E-state index is 12.0. The highest BCUT2D eigenvalue weighted by Crippen LogP contribution is 2.24. The molecule has 1 aliphatic rings. The summed E-state index contributed by atoms with van der Waals surface area (Å²) in [5.74, 6) is -0.136. The van der Waals surface area contributed by atoms with Crippen molar-refractivity contribution in [3.8, 4) is 5.69 Å². The minimum Gasteiger partial charge on any atom is -0.350 e. The van der Waals surface area contributed by atoms with Gasteiger partial charge in [0.05, 0.1) is 11.4 Å². The van der Waals surface area contributed by atoms with Gasteiger partial charge >= 0.3 is 0 Å². The van der Waals surface area contributed by atoms with Crippen molar-refractivity contribution in [3.05, 3.63) is 41.7 Å². The Morgan fingerprint density at radius 1 is 1.21 bits per heavy atom. The summed E-state index contributed by atoms with van der Waals surface area (Å²) in [5, 5.41) is 11.7. The van der Waals surface area contributed by atoms with Gasteiger partial charge in [0.25, 0.3) is 5.91 Å². The molecule has 2 aromatic rings. The molecule has 5 nitrogen and oxygen atoms in total. The van der Waals surface area contributed by atoms with Crippen molar-refractivity contribution in [2.24, 2.45) is 5.41 Å². The zero-order valence-corrected chi connectivity index (χ0v) is 11.1. The maximum absolute atomic E-state index is 12.0. The predicted molar refractivity (Wildman–Crippen MR) is 71.2 cm³/mol. The Morgan fingerprint density at radius 2 is 1.95 bits per heavy atom. The molecule has 98 valence electrons. The summed E-state index contributed by atoms with van der Waals surface area (Å²) in [7, 11) is 0. The van der Waals surface area contributed by atoms with E-state index in [1.807, 2.05) is 30.3 Å². The largest absolute Gasteiger partial charge is 0.350 e. The van der Waals surface area contributed by atoms with Gasteiger partial charge in [-0.3, -0.25) is 4.79 Å². The average Bonchev–Trinajstić information content (AvgIpc) is 2.76.